The van der Waals surface area contributed by atoms with Gasteiger partial charge in [0.15, 0.2) is 0 Å². The highest BCUT2D eigenvalue weighted by molar-refractivity contribution is 5.94. The Hall–Kier alpha value is -3.08. The van der Waals surface area contributed by atoms with Crippen LogP contribution in [0, 0.1) is 6.92 Å². The van der Waals surface area contributed by atoms with Crippen molar-refractivity contribution in [3.05, 3.63) is 78.4 Å². The average molecular weight is 335 g/mol. The summed E-state index contributed by atoms with van der Waals surface area (Å²) in [6.45, 7) is 3.00. The first kappa shape index (κ1) is 16.8. The minimum absolute atomic E-state index is 0.0231. The maximum atomic E-state index is 12.5. The lowest BCUT2D eigenvalue weighted by Gasteiger charge is -2.18. The van der Waals surface area contributed by atoms with Gasteiger partial charge in [-0.1, -0.05) is 12.1 Å². The predicted octanol–water partition coefficient (Wildman–Crippen LogP) is 3.33. The van der Waals surface area contributed by atoms with Gasteiger partial charge in [0.25, 0.3) is 5.91 Å². The number of benzene rings is 2. The second-order valence-corrected chi connectivity index (χ2v) is 5.91. The lowest BCUT2D eigenvalue weighted by Crippen LogP contribution is -2.30. The third-order valence-electron chi connectivity index (χ3n) is 3.95. The molecule has 0 unspecified atom stereocenters. The molecular weight excluding hydrogens is 314 g/mol. The Bertz CT molecular complexity index is 826. The molecule has 0 bridgehead atoms. The molecule has 0 N–H and O–H groups in total. The van der Waals surface area contributed by atoms with Crippen LogP contribution < -0.4 is 4.74 Å². The van der Waals surface area contributed by atoms with Crippen molar-refractivity contribution in [3.8, 4) is 11.4 Å². The summed E-state index contributed by atoms with van der Waals surface area (Å²) >= 11 is 0. The molecule has 1 heterocycles. The zero-order valence-electron chi connectivity index (χ0n) is 14.4. The molecule has 0 aliphatic heterocycles. The van der Waals surface area contributed by atoms with Gasteiger partial charge in [0.1, 0.15) is 12.4 Å². The highest BCUT2D eigenvalue weighted by atomic mass is 16.5. The molecule has 0 atom stereocenters. The number of aryl methyl sites for hydroxylation is 1. The van der Waals surface area contributed by atoms with Crippen LogP contribution >= 0.6 is 0 Å². The van der Waals surface area contributed by atoms with Gasteiger partial charge in [-0.05, 0) is 48.9 Å². The van der Waals surface area contributed by atoms with Crippen LogP contribution in [0.1, 0.15) is 15.9 Å². The Morgan fingerprint density at radius 3 is 2.68 bits per heavy atom. The Balaban J connectivity index is 1.55. The third-order valence-corrected chi connectivity index (χ3v) is 3.95. The Morgan fingerprint density at radius 1 is 1.20 bits per heavy atom. The standard InChI is InChI=1S/C20H21N3O2/c1-16-4-3-5-19(14-16)25-13-12-22(2)20(24)17-6-8-18(9-7-17)23-11-10-21-15-23/h3-11,14-15H,12-13H2,1-2H3. The number of hydrogen-bond acceptors (Lipinski definition) is 3. The molecule has 0 aliphatic rings. The lowest BCUT2D eigenvalue weighted by atomic mass is 10.2. The number of rotatable bonds is 6. The number of carbonyl (C=O) groups is 1. The first-order valence-corrected chi connectivity index (χ1v) is 8.17. The maximum Gasteiger partial charge on any atom is 0.253 e. The highest BCUT2D eigenvalue weighted by Gasteiger charge is 2.11. The van der Waals surface area contributed by atoms with Gasteiger partial charge in [0.05, 0.1) is 12.9 Å². The molecule has 0 radical (unpaired) electrons. The van der Waals surface area contributed by atoms with Gasteiger partial charge in [-0.3, -0.25) is 4.79 Å². The third kappa shape index (κ3) is 4.26. The van der Waals surface area contributed by atoms with Crippen LogP contribution in [0.3, 0.4) is 0 Å². The zero-order valence-corrected chi connectivity index (χ0v) is 14.4. The van der Waals surface area contributed by atoms with Crippen LogP contribution in [0.15, 0.2) is 67.3 Å². The molecule has 5 heteroatoms. The van der Waals surface area contributed by atoms with Crippen molar-refractivity contribution >= 4 is 5.91 Å². The molecule has 3 rings (SSSR count). The molecule has 5 nitrogen and oxygen atoms in total. The largest absolute Gasteiger partial charge is 0.492 e. The number of nitrogens with zero attached hydrogens (tertiary/aromatic N) is 3. The zero-order chi connectivity index (χ0) is 17.6. The molecule has 0 aliphatic carbocycles. The van der Waals surface area contributed by atoms with Crippen molar-refractivity contribution < 1.29 is 9.53 Å². The van der Waals surface area contributed by atoms with E-state index in [1.807, 2.05) is 66.2 Å². The number of ether oxygens (including phenoxy) is 1. The van der Waals surface area contributed by atoms with Gasteiger partial charge >= 0.3 is 0 Å². The molecule has 1 amide bonds. The number of likely N-dealkylation sites (N-methyl/N-ethyl adjacent to an activating group) is 1. The molecular formula is C20H21N3O2. The van der Waals surface area contributed by atoms with E-state index in [0.717, 1.165) is 17.0 Å². The van der Waals surface area contributed by atoms with Crippen LogP contribution in [0.25, 0.3) is 5.69 Å². The van der Waals surface area contributed by atoms with Gasteiger partial charge in [0.2, 0.25) is 0 Å². The normalized spacial score (nSPS) is 10.5. The smallest absolute Gasteiger partial charge is 0.253 e. The molecule has 0 spiro atoms. The van der Waals surface area contributed by atoms with Crippen molar-refractivity contribution in [1.29, 1.82) is 0 Å². The predicted molar refractivity (Wildman–Crippen MR) is 97.2 cm³/mol. The van der Waals surface area contributed by atoms with E-state index in [-0.39, 0.29) is 5.91 Å². The summed E-state index contributed by atoms with van der Waals surface area (Å²) in [6, 6.07) is 15.4. The number of hydrogen-bond donors (Lipinski definition) is 0. The van der Waals surface area contributed by atoms with E-state index in [9.17, 15) is 4.79 Å². The molecule has 3 aromatic rings. The Kier molecular flexibility index (Phi) is 5.14. The van der Waals surface area contributed by atoms with Gasteiger partial charge in [-0.25, -0.2) is 4.98 Å². The summed E-state index contributed by atoms with van der Waals surface area (Å²) in [5, 5.41) is 0. The number of aromatic nitrogens is 2. The second-order valence-electron chi connectivity index (χ2n) is 5.91. The topological polar surface area (TPSA) is 47.4 Å². The average Bonchev–Trinajstić information content (AvgIpc) is 3.16. The first-order valence-electron chi connectivity index (χ1n) is 8.17. The van der Waals surface area contributed by atoms with Crippen molar-refractivity contribution in [1.82, 2.24) is 14.5 Å². The maximum absolute atomic E-state index is 12.5. The van der Waals surface area contributed by atoms with Crippen LogP contribution in [0.5, 0.6) is 5.75 Å². The molecule has 25 heavy (non-hydrogen) atoms. The fourth-order valence-electron chi connectivity index (χ4n) is 2.52. The molecule has 128 valence electrons. The monoisotopic (exact) mass is 335 g/mol. The Labute approximate surface area is 147 Å². The van der Waals surface area contributed by atoms with Crippen LogP contribution in [0.2, 0.25) is 0 Å². The molecule has 0 saturated heterocycles. The SMILES string of the molecule is Cc1cccc(OCCN(C)C(=O)c2ccc(-n3ccnc3)cc2)c1. The van der Waals surface area contributed by atoms with Crippen LogP contribution in [-0.2, 0) is 0 Å². The van der Waals surface area contributed by atoms with Crippen molar-refractivity contribution in [3.63, 3.8) is 0 Å². The molecule has 0 fully saturated rings. The summed E-state index contributed by atoms with van der Waals surface area (Å²) in [5.41, 5.74) is 2.78. The summed E-state index contributed by atoms with van der Waals surface area (Å²) < 4.78 is 7.60. The number of imidazole rings is 1. The minimum Gasteiger partial charge on any atom is -0.492 e. The van der Waals surface area contributed by atoms with E-state index in [2.05, 4.69) is 4.98 Å². The summed E-state index contributed by atoms with van der Waals surface area (Å²) in [7, 11) is 1.78. The van der Waals surface area contributed by atoms with Crippen molar-refractivity contribution in [2.45, 2.75) is 6.92 Å². The van der Waals surface area contributed by atoms with Crippen LogP contribution in [-0.4, -0.2) is 40.6 Å². The quantitative estimate of drug-likeness (QED) is 0.694. The van der Waals surface area contributed by atoms with Crippen molar-refractivity contribution in [2.24, 2.45) is 0 Å². The van der Waals surface area contributed by atoms with Gasteiger partial charge < -0.3 is 14.2 Å². The Morgan fingerprint density at radius 2 is 2.00 bits per heavy atom. The fraction of sp³-hybridized carbons (Fsp3) is 0.200. The summed E-state index contributed by atoms with van der Waals surface area (Å²) in [5.74, 6) is 0.801. The minimum atomic E-state index is -0.0231. The van der Waals surface area contributed by atoms with E-state index in [1.165, 1.54) is 0 Å². The van der Waals surface area contributed by atoms with E-state index >= 15 is 0 Å². The summed E-state index contributed by atoms with van der Waals surface area (Å²) in [4.78, 5) is 18.2. The van der Waals surface area contributed by atoms with Gasteiger partial charge in [-0.2, -0.15) is 0 Å². The van der Waals surface area contributed by atoms with E-state index in [0.29, 0.717) is 18.7 Å². The fourth-order valence-corrected chi connectivity index (χ4v) is 2.52. The summed E-state index contributed by atoms with van der Waals surface area (Å²) in [6.07, 6.45) is 5.32. The van der Waals surface area contributed by atoms with Crippen molar-refractivity contribution in [2.75, 3.05) is 20.2 Å². The van der Waals surface area contributed by atoms with Gasteiger partial charge in [0, 0.05) is 30.7 Å². The first-order chi connectivity index (χ1) is 12.1. The van der Waals surface area contributed by atoms with Crippen LogP contribution in [0.4, 0.5) is 0 Å². The highest BCUT2D eigenvalue weighted by Crippen LogP contribution is 2.13. The van der Waals surface area contributed by atoms with E-state index < -0.39 is 0 Å². The molecule has 2 aromatic carbocycles. The number of carbonyl (C=O) groups excluding carboxylic acids is 1. The van der Waals surface area contributed by atoms with E-state index in [1.54, 1.807) is 24.5 Å². The lowest BCUT2D eigenvalue weighted by molar-refractivity contribution is 0.0774. The van der Waals surface area contributed by atoms with Gasteiger partial charge in [-0.15, -0.1) is 0 Å². The molecule has 1 aromatic heterocycles. The molecule has 0 saturated carbocycles. The van der Waals surface area contributed by atoms with E-state index in [4.69, 9.17) is 4.74 Å². The number of amides is 1. The second kappa shape index (κ2) is 7.66.